The second-order valence-corrected chi connectivity index (χ2v) is 4.77. The van der Waals surface area contributed by atoms with Gasteiger partial charge in [0.05, 0.1) is 12.7 Å². The lowest BCUT2D eigenvalue weighted by Crippen LogP contribution is -2.37. The van der Waals surface area contributed by atoms with Crippen LogP contribution in [0, 0.1) is 5.92 Å². The predicted octanol–water partition coefficient (Wildman–Crippen LogP) is 0.652. The summed E-state index contributed by atoms with van der Waals surface area (Å²) < 4.78 is 10.7. The van der Waals surface area contributed by atoms with E-state index in [1.54, 1.807) is 0 Å². The number of thiocarbonyl (C=S) groups is 1. The summed E-state index contributed by atoms with van der Waals surface area (Å²) in [5, 5.41) is 7.75. The van der Waals surface area contributed by atoms with Gasteiger partial charge in [0.15, 0.2) is 5.11 Å². The monoisotopic (exact) mass is 257 g/mol. The summed E-state index contributed by atoms with van der Waals surface area (Å²) in [5.74, 6) is 0.420. The van der Waals surface area contributed by atoms with Crippen molar-refractivity contribution in [3.05, 3.63) is 0 Å². The minimum Gasteiger partial charge on any atom is -0.381 e. The maximum absolute atomic E-state index is 5.48. The molecule has 0 aromatic heterocycles. The lowest BCUT2D eigenvalue weighted by Gasteiger charge is -2.11. The van der Waals surface area contributed by atoms with Crippen molar-refractivity contribution in [2.45, 2.75) is 25.4 Å². The highest BCUT2D eigenvalue weighted by Gasteiger charge is 2.15. The van der Waals surface area contributed by atoms with Crippen molar-refractivity contribution in [3.63, 3.8) is 0 Å². The topological polar surface area (TPSA) is 54.9 Å². The third-order valence-electron chi connectivity index (χ3n) is 2.93. The number of nitrogens with zero attached hydrogens (tertiary/aromatic N) is 1. The minimum absolute atomic E-state index is 0.293. The number of hydrogen-bond acceptors (Lipinski definition) is 4. The Morgan fingerprint density at radius 1 is 1.41 bits per heavy atom. The summed E-state index contributed by atoms with van der Waals surface area (Å²) in [6.45, 7) is 3.22. The Labute approximate surface area is 107 Å². The van der Waals surface area contributed by atoms with Crippen LogP contribution in [0.25, 0.3) is 0 Å². The molecule has 2 unspecified atom stereocenters. The summed E-state index contributed by atoms with van der Waals surface area (Å²) in [4.78, 5) is 0. The van der Waals surface area contributed by atoms with E-state index in [9.17, 15) is 0 Å². The Morgan fingerprint density at radius 3 is 3.06 bits per heavy atom. The molecule has 0 radical (unpaired) electrons. The molecule has 2 fully saturated rings. The first-order chi connectivity index (χ1) is 8.34. The van der Waals surface area contributed by atoms with Crippen molar-refractivity contribution in [1.82, 2.24) is 10.7 Å². The summed E-state index contributed by atoms with van der Waals surface area (Å²) in [5.41, 5.74) is 2.81. The molecule has 0 saturated carbocycles. The molecule has 96 valence electrons. The van der Waals surface area contributed by atoms with Gasteiger partial charge in [-0.15, -0.1) is 0 Å². The van der Waals surface area contributed by atoms with Crippen LogP contribution in [0.5, 0.6) is 0 Å². The molecule has 0 spiro atoms. The molecule has 6 heteroatoms. The zero-order chi connectivity index (χ0) is 11.9. The first-order valence-corrected chi connectivity index (χ1v) is 6.52. The number of nitrogens with one attached hydrogen (secondary N) is 2. The summed E-state index contributed by atoms with van der Waals surface area (Å²) in [6.07, 6.45) is 5.46. The van der Waals surface area contributed by atoms with Crippen molar-refractivity contribution in [2.75, 3.05) is 26.4 Å². The van der Waals surface area contributed by atoms with Gasteiger partial charge in [-0.05, 0) is 31.5 Å². The number of ether oxygens (including phenoxy) is 2. The second kappa shape index (κ2) is 6.88. The summed E-state index contributed by atoms with van der Waals surface area (Å²) in [7, 11) is 0. The molecule has 2 saturated heterocycles. The van der Waals surface area contributed by atoms with Gasteiger partial charge < -0.3 is 14.8 Å². The van der Waals surface area contributed by atoms with Gasteiger partial charge in [-0.1, -0.05) is 0 Å². The van der Waals surface area contributed by atoms with E-state index in [0.29, 0.717) is 17.1 Å². The first kappa shape index (κ1) is 12.7. The average Bonchev–Trinajstić information content (AvgIpc) is 2.99. The SMILES string of the molecule is S=C(NCC1CCCO1)NN=CC1CCOC1. The van der Waals surface area contributed by atoms with Gasteiger partial charge in [0.25, 0.3) is 0 Å². The fourth-order valence-corrected chi connectivity index (χ4v) is 2.06. The molecule has 2 rings (SSSR count). The van der Waals surface area contributed by atoms with Crippen molar-refractivity contribution in [2.24, 2.45) is 11.0 Å². The lowest BCUT2D eigenvalue weighted by molar-refractivity contribution is 0.114. The van der Waals surface area contributed by atoms with Gasteiger partial charge in [0, 0.05) is 31.9 Å². The molecule has 2 atom stereocenters. The zero-order valence-electron chi connectivity index (χ0n) is 9.85. The van der Waals surface area contributed by atoms with E-state index in [-0.39, 0.29) is 0 Å². The Bertz CT molecular complexity index is 274. The predicted molar refractivity (Wildman–Crippen MR) is 70.1 cm³/mol. The number of hydrogen-bond donors (Lipinski definition) is 2. The summed E-state index contributed by atoms with van der Waals surface area (Å²) >= 11 is 5.11. The number of hydrazone groups is 1. The van der Waals surface area contributed by atoms with Crippen molar-refractivity contribution < 1.29 is 9.47 Å². The number of rotatable bonds is 4. The van der Waals surface area contributed by atoms with Gasteiger partial charge in [-0.25, -0.2) is 0 Å². The fourth-order valence-electron chi connectivity index (χ4n) is 1.92. The van der Waals surface area contributed by atoms with Crippen molar-refractivity contribution >= 4 is 23.5 Å². The minimum atomic E-state index is 0.293. The van der Waals surface area contributed by atoms with Gasteiger partial charge in [-0.2, -0.15) is 5.10 Å². The van der Waals surface area contributed by atoms with E-state index in [1.165, 1.54) is 0 Å². The van der Waals surface area contributed by atoms with Crippen LogP contribution in [0.2, 0.25) is 0 Å². The Kier molecular flexibility index (Phi) is 5.15. The second-order valence-electron chi connectivity index (χ2n) is 4.36. The maximum Gasteiger partial charge on any atom is 0.187 e. The van der Waals surface area contributed by atoms with Crippen LogP contribution in [0.1, 0.15) is 19.3 Å². The smallest absolute Gasteiger partial charge is 0.187 e. The first-order valence-electron chi connectivity index (χ1n) is 6.11. The van der Waals surface area contributed by atoms with Crippen LogP contribution >= 0.6 is 12.2 Å². The van der Waals surface area contributed by atoms with Gasteiger partial charge in [0.1, 0.15) is 0 Å². The quantitative estimate of drug-likeness (QED) is 0.440. The zero-order valence-corrected chi connectivity index (χ0v) is 10.7. The lowest BCUT2D eigenvalue weighted by atomic mass is 10.1. The van der Waals surface area contributed by atoms with Crippen molar-refractivity contribution in [1.29, 1.82) is 0 Å². The normalized spacial score (nSPS) is 28.7. The van der Waals surface area contributed by atoms with Crippen LogP contribution in [0.4, 0.5) is 0 Å². The summed E-state index contributed by atoms with van der Waals surface area (Å²) in [6, 6.07) is 0. The van der Waals surface area contributed by atoms with E-state index in [2.05, 4.69) is 15.8 Å². The molecule has 0 aliphatic carbocycles. The van der Waals surface area contributed by atoms with E-state index >= 15 is 0 Å². The van der Waals surface area contributed by atoms with E-state index in [1.807, 2.05) is 6.21 Å². The molecule has 2 N–H and O–H groups in total. The molecular formula is C11H19N3O2S. The highest BCUT2D eigenvalue weighted by Crippen LogP contribution is 2.10. The van der Waals surface area contributed by atoms with Gasteiger partial charge >= 0.3 is 0 Å². The molecule has 2 aliphatic heterocycles. The molecule has 0 aromatic rings. The third kappa shape index (κ3) is 4.57. The van der Waals surface area contributed by atoms with E-state index in [4.69, 9.17) is 21.7 Å². The molecule has 0 aromatic carbocycles. The van der Waals surface area contributed by atoms with Crippen LogP contribution < -0.4 is 10.7 Å². The fraction of sp³-hybridized carbons (Fsp3) is 0.818. The largest absolute Gasteiger partial charge is 0.381 e. The van der Waals surface area contributed by atoms with Crippen LogP contribution in [-0.4, -0.2) is 43.8 Å². The van der Waals surface area contributed by atoms with Crippen molar-refractivity contribution in [3.8, 4) is 0 Å². The van der Waals surface area contributed by atoms with E-state index < -0.39 is 0 Å². The molecule has 2 heterocycles. The van der Waals surface area contributed by atoms with Crippen LogP contribution in [-0.2, 0) is 9.47 Å². The Hall–Kier alpha value is -0.720. The third-order valence-corrected chi connectivity index (χ3v) is 3.17. The van der Waals surface area contributed by atoms with Crippen LogP contribution in [0.15, 0.2) is 5.10 Å². The molecular weight excluding hydrogens is 238 g/mol. The Morgan fingerprint density at radius 2 is 2.35 bits per heavy atom. The molecule has 0 amide bonds. The molecule has 5 nitrogen and oxygen atoms in total. The van der Waals surface area contributed by atoms with Gasteiger partial charge in [0.2, 0.25) is 0 Å². The average molecular weight is 257 g/mol. The molecule has 0 bridgehead atoms. The Balaban J connectivity index is 1.56. The van der Waals surface area contributed by atoms with Gasteiger partial charge in [-0.3, -0.25) is 5.43 Å². The molecule has 2 aliphatic rings. The van der Waals surface area contributed by atoms with Crippen LogP contribution in [0.3, 0.4) is 0 Å². The highest BCUT2D eigenvalue weighted by atomic mass is 32.1. The maximum atomic E-state index is 5.48. The molecule has 17 heavy (non-hydrogen) atoms. The highest BCUT2D eigenvalue weighted by molar-refractivity contribution is 7.80. The standard InChI is InChI=1S/C11H19N3O2S/c17-11(12-7-10-2-1-4-16-10)14-13-6-9-3-5-15-8-9/h6,9-10H,1-5,7-8H2,(H2,12,14,17). The van der Waals surface area contributed by atoms with E-state index in [0.717, 1.165) is 45.6 Å².